The van der Waals surface area contributed by atoms with Gasteiger partial charge in [0, 0.05) is 19.3 Å². The van der Waals surface area contributed by atoms with Crippen LogP contribution in [0.2, 0.25) is 0 Å². The van der Waals surface area contributed by atoms with Crippen LogP contribution in [0.25, 0.3) is 0 Å². The zero-order valence-electron chi connectivity index (χ0n) is 15.0. The summed E-state index contributed by atoms with van der Waals surface area (Å²) in [6, 6.07) is 4.84. The second-order valence-electron chi connectivity index (χ2n) is 6.09. The number of likely N-dealkylation sites (N-methyl/N-ethyl adjacent to an activating group) is 1. The van der Waals surface area contributed by atoms with Crippen molar-refractivity contribution in [3.05, 3.63) is 48.2 Å². The van der Waals surface area contributed by atoms with E-state index in [1.807, 2.05) is 13.8 Å². The summed E-state index contributed by atoms with van der Waals surface area (Å²) in [5.41, 5.74) is -0.115. The van der Waals surface area contributed by atoms with Gasteiger partial charge in [-0.15, -0.1) is 0 Å². The largest absolute Gasteiger partial charge is 0.358 e. The summed E-state index contributed by atoms with van der Waals surface area (Å²) in [7, 11) is -2.51. The maximum atomic E-state index is 13.2. The quantitative estimate of drug-likeness (QED) is 0.665. The van der Waals surface area contributed by atoms with Gasteiger partial charge in [0.2, 0.25) is 5.91 Å². The fourth-order valence-electron chi connectivity index (χ4n) is 2.25. The van der Waals surface area contributed by atoms with Gasteiger partial charge in [-0.1, -0.05) is 13.8 Å². The number of pyridine rings is 1. The maximum absolute atomic E-state index is 13.2. The number of benzene rings is 1. The molecule has 1 amide bonds. The Hall–Kier alpha value is -2.75. The molecule has 0 aliphatic rings. The molecule has 1 unspecified atom stereocenters. The number of nitrogens with one attached hydrogen (secondary N) is 3. The molecule has 1 atom stereocenters. The Morgan fingerprint density at radius 2 is 1.81 bits per heavy atom. The van der Waals surface area contributed by atoms with Crippen LogP contribution in [-0.4, -0.2) is 32.4 Å². The minimum atomic E-state index is -4.03. The lowest BCUT2D eigenvalue weighted by Gasteiger charge is -2.21. The van der Waals surface area contributed by atoms with Crippen molar-refractivity contribution in [3.63, 3.8) is 0 Å². The smallest absolute Gasteiger partial charge is 0.263 e. The number of aromatic nitrogens is 1. The van der Waals surface area contributed by atoms with Crippen LogP contribution in [0.1, 0.15) is 13.8 Å². The molecule has 146 valence electrons. The van der Waals surface area contributed by atoms with Crippen molar-refractivity contribution in [2.24, 2.45) is 5.92 Å². The van der Waals surface area contributed by atoms with Crippen LogP contribution in [0.4, 0.5) is 20.3 Å². The van der Waals surface area contributed by atoms with E-state index in [0.717, 1.165) is 24.4 Å². The molecule has 7 nitrogen and oxygen atoms in total. The molecule has 2 rings (SSSR count). The minimum Gasteiger partial charge on any atom is -0.358 e. The highest BCUT2D eigenvalue weighted by Crippen LogP contribution is 2.19. The summed E-state index contributed by atoms with van der Waals surface area (Å²) < 4.78 is 53.0. The number of sulfonamides is 1. The highest BCUT2D eigenvalue weighted by Gasteiger charge is 2.22. The van der Waals surface area contributed by atoms with Crippen LogP contribution in [0, 0.1) is 17.6 Å². The molecule has 0 saturated carbocycles. The van der Waals surface area contributed by atoms with E-state index in [1.54, 1.807) is 0 Å². The van der Waals surface area contributed by atoms with Crippen molar-refractivity contribution in [2.75, 3.05) is 17.1 Å². The van der Waals surface area contributed by atoms with E-state index in [0.29, 0.717) is 5.82 Å². The van der Waals surface area contributed by atoms with Gasteiger partial charge in [-0.05, 0) is 30.2 Å². The number of hydrogen-bond donors (Lipinski definition) is 3. The molecule has 1 aromatic heterocycles. The summed E-state index contributed by atoms with van der Waals surface area (Å²) >= 11 is 0. The van der Waals surface area contributed by atoms with Crippen LogP contribution in [0.5, 0.6) is 0 Å². The zero-order chi connectivity index (χ0) is 20.2. The van der Waals surface area contributed by atoms with Crippen molar-refractivity contribution in [2.45, 2.75) is 24.8 Å². The maximum Gasteiger partial charge on any atom is 0.263 e. The minimum absolute atomic E-state index is 0.0230. The molecular weight excluding hydrogens is 378 g/mol. The normalized spacial score (nSPS) is 12.5. The summed E-state index contributed by atoms with van der Waals surface area (Å²) in [6.07, 6.45) is 1.10. The molecule has 0 saturated heterocycles. The first-order valence-electron chi connectivity index (χ1n) is 8.06. The Balaban J connectivity index is 2.17. The second-order valence-corrected chi connectivity index (χ2v) is 7.78. The van der Waals surface area contributed by atoms with E-state index in [9.17, 15) is 22.0 Å². The number of amides is 1. The highest BCUT2D eigenvalue weighted by atomic mass is 32.2. The number of carbonyl (C=O) groups is 1. The molecule has 0 spiro atoms. The SMILES string of the molecule is CNC(=O)C(Nc1ccc(S(=O)(=O)Nc2ccc(F)c(F)c2)cn1)C(C)C. The molecule has 0 radical (unpaired) electrons. The molecule has 1 aromatic carbocycles. The van der Waals surface area contributed by atoms with Crippen molar-refractivity contribution < 1.29 is 22.0 Å². The molecule has 10 heteroatoms. The fourth-order valence-corrected chi connectivity index (χ4v) is 3.24. The van der Waals surface area contributed by atoms with Gasteiger partial charge in [0.05, 0.1) is 5.69 Å². The van der Waals surface area contributed by atoms with Gasteiger partial charge >= 0.3 is 0 Å². The molecule has 0 aliphatic carbocycles. The van der Waals surface area contributed by atoms with Crippen LogP contribution in [-0.2, 0) is 14.8 Å². The number of hydrogen-bond acceptors (Lipinski definition) is 5. The first-order chi connectivity index (χ1) is 12.6. The first-order valence-corrected chi connectivity index (χ1v) is 9.54. The average Bonchev–Trinajstić information content (AvgIpc) is 2.62. The fraction of sp³-hybridized carbons (Fsp3) is 0.294. The monoisotopic (exact) mass is 398 g/mol. The van der Waals surface area contributed by atoms with Crippen molar-refractivity contribution in [1.29, 1.82) is 0 Å². The van der Waals surface area contributed by atoms with Gasteiger partial charge in [-0.3, -0.25) is 9.52 Å². The average molecular weight is 398 g/mol. The summed E-state index contributed by atoms with van der Waals surface area (Å²) in [6.45, 7) is 3.72. The van der Waals surface area contributed by atoms with Crippen molar-refractivity contribution in [1.82, 2.24) is 10.3 Å². The Bertz CT molecular complexity index is 918. The van der Waals surface area contributed by atoms with Crippen LogP contribution in [0.15, 0.2) is 41.4 Å². The summed E-state index contributed by atoms with van der Waals surface area (Å²) in [4.78, 5) is 15.7. The van der Waals surface area contributed by atoms with Gasteiger partial charge in [0.25, 0.3) is 10.0 Å². The van der Waals surface area contributed by atoms with E-state index in [4.69, 9.17) is 0 Å². The van der Waals surface area contributed by atoms with Gasteiger partial charge in [0.1, 0.15) is 16.8 Å². The number of halogens is 2. The standard InChI is InChI=1S/C17H20F2N4O3S/c1-10(2)16(17(24)20-3)22-15-7-5-12(9-21-15)27(25,26)23-11-4-6-13(18)14(19)8-11/h4-10,16,23H,1-3H3,(H,20,24)(H,21,22). The van der Waals surface area contributed by atoms with E-state index in [-0.39, 0.29) is 22.4 Å². The summed E-state index contributed by atoms with van der Waals surface area (Å²) in [5, 5.41) is 5.49. The Labute approximate surface area is 156 Å². The van der Waals surface area contributed by atoms with Crippen LogP contribution >= 0.6 is 0 Å². The predicted molar refractivity (Wildman–Crippen MR) is 97.7 cm³/mol. The molecule has 27 heavy (non-hydrogen) atoms. The number of carbonyl (C=O) groups excluding carboxylic acids is 1. The second kappa shape index (κ2) is 8.30. The van der Waals surface area contributed by atoms with E-state index in [1.165, 1.54) is 19.2 Å². The van der Waals surface area contributed by atoms with E-state index >= 15 is 0 Å². The lowest BCUT2D eigenvalue weighted by molar-refractivity contribution is -0.122. The predicted octanol–water partition coefficient (Wildman–Crippen LogP) is 2.34. The molecule has 0 aliphatic heterocycles. The topological polar surface area (TPSA) is 100 Å². The van der Waals surface area contributed by atoms with E-state index in [2.05, 4.69) is 20.3 Å². The Kier molecular flexibility index (Phi) is 6.32. The van der Waals surface area contributed by atoms with Gasteiger partial charge in [0.15, 0.2) is 11.6 Å². The van der Waals surface area contributed by atoms with Crippen LogP contribution in [0.3, 0.4) is 0 Å². The zero-order valence-corrected chi connectivity index (χ0v) is 15.8. The third-order valence-electron chi connectivity index (χ3n) is 3.72. The molecule has 2 aromatic rings. The molecular formula is C17H20F2N4O3S. The van der Waals surface area contributed by atoms with Gasteiger partial charge < -0.3 is 10.6 Å². The molecule has 0 bridgehead atoms. The lowest BCUT2D eigenvalue weighted by atomic mass is 10.0. The van der Waals surface area contributed by atoms with Gasteiger partial charge in [-0.2, -0.15) is 0 Å². The first kappa shape index (κ1) is 20.6. The van der Waals surface area contributed by atoms with E-state index < -0.39 is 27.7 Å². The Morgan fingerprint density at radius 1 is 1.11 bits per heavy atom. The van der Waals surface area contributed by atoms with Crippen LogP contribution < -0.4 is 15.4 Å². The lowest BCUT2D eigenvalue weighted by Crippen LogP contribution is -2.41. The number of nitrogens with zero attached hydrogens (tertiary/aromatic N) is 1. The third-order valence-corrected chi connectivity index (χ3v) is 5.08. The van der Waals surface area contributed by atoms with Gasteiger partial charge in [-0.25, -0.2) is 22.2 Å². The molecule has 3 N–H and O–H groups in total. The summed E-state index contributed by atoms with van der Waals surface area (Å²) in [5.74, 6) is -2.16. The highest BCUT2D eigenvalue weighted by molar-refractivity contribution is 7.92. The molecule has 1 heterocycles. The Morgan fingerprint density at radius 3 is 2.33 bits per heavy atom. The third kappa shape index (κ3) is 5.13. The van der Waals surface area contributed by atoms with Crippen molar-refractivity contribution >= 4 is 27.4 Å². The number of rotatable bonds is 7. The molecule has 0 fully saturated rings. The van der Waals surface area contributed by atoms with Crippen molar-refractivity contribution in [3.8, 4) is 0 Å². The number of anilines is 2.